The fraction of sp³-hybridized carbons (Fsp3) is 0.300. The third-order valence-corrected chi connectivity index (χ3v) is 6.93. The summed E-state index contributed by atoms with van der Waals surface area (Å²) in [6.07, 6.45) is 3.49. The number of aryl methyl sites for hydroxylation is 2. The Kier molecular flexibility index (Phi) is 6.41. The molecular weight excluding hydrogens is 402 g/mol. The molecule has 1 aromatic heterocycles. The molecule has 0 N–H and O–H groups in total. The van der Waals surface area contributed by atoms with Gasteiger partial charge >= 0.3 is 0 Å². The molecule has 3 heteroatoms. The van der Waals surface area contributed by atoms with Gasteiger partial charge in [0.1, 0.15) is 0 Å². The fourth-order valence-corrected chi connectivity index (χ4v) is 4.82. The first kappa shape index (κ1) is 21.7. The van der Waals surface area contributed by atoms with Crippen molar-refractivity contribution < 1.29 is 0 Å². The number of piperidine rings is 1. The molecule has 1 saturated heterocycles. The first-order valence-corrected chi connectivity index (χ1v) is 12.2. The molecule has 5 rings (SSSR count). The predicted octanol–water partition coefficient (Wildman–Crippen LogP) is 6.58. The summed E-state index contributed by atoms with van der Waals surface area (Å²) < 4.78 is 2.18. The van der Waals surface area contributed by atoms with E-state index in [0.717, 1.165) is 37.4 Å². The van der Waals surface area contributed by atoms with E-state index in [2.05, 4.69) is 108 Å². The van der Waals surface area contributed by atoms with E-state index >= 15 is 0 Å². The first-order chi connectivity index (χ1) is 16.2. The van der Waals surface area contributed by atoms with Crippen molar-refractivity contribution in [2.24, 2.45) is 0 Å². The topological polar surface area (TPSA) is 21.1 Å². The number of rotatable bonds is 6. The molecule has 1 fully saturated rings. The van der Waals surface area contributed by atoms with Gasteiger partial charge < -0.3 is 4.90 Å². The number of likely N-dealkylation sites (tertiary alicyclic amines) is 1. The van der Waals surface area contributed by atoms with Gasteiger partial charge in [-0.1, -0.05) is 77.9 Å². The Balaban J connectivity index is 1.32. The summed E-state index contributed by atoms with van der Waals surface area (Å²) in [7, 11) is 0. The van der Waals surface area contributed by atoms with Crippen LogP contribution in [0.25, 0.3) is 16.9 Å². The quantitative estimate of drug-likeness (QED) is 0.341. The second-order valence-electron chi connectivity index (χ2n) is 9.42. The lowest BCUT2D eigenvalue weighted by atomic mass is 9.92. The molecule has 0 spiro atoms. The van der Waals surface area contributed by atoms with Gasteiger partial charge in [0.2, 0.25) is 0 Å². The fourth-order valence-electron chi connectivity index (χ4n) is 4.82. The minimum Gasteiger partial charge on any atom is -0.303 e. The number of hydrogen-bond acceptors (Lipinski definition) is 2. The molecule has 33 heavy (non-hydrogen) atoms. The highest BCUT2D eigenvalue weighted by atomic mass is 15.3. The predicted molar refractivity (Wildman–Crippen MR) is 137 cm³/mol. The molecule has 3 aromatic carbocycles. The van der Waals surface area contributed by atoms with E-state index in [1.807, 2.05) is 0 Å². The van der Waals surface area contributed by atoms with Gasteiger partial charge in [0.05, 0.1) is 11.4 Å². The SMILES string of the molecule is Cc1ccc(CCN2CCC(c3cc(-c4ccc(C)cc4)nn3-c3ccccc3)CC2)cc1. The zero-order valence-electron chi connectivity index (χ0n) is 19.7. The Morgan fingerprint density at radius 2 is 1.42 bits per heavy atom. The summed E-state index contributed by atoms with van der Waals surface area (Å²) in [5, 5.41) is 5.06. The van der Waals surface area contributed by atoms with Gasteiger partial charge in [-0.25, -0.2) is 4.68 Å². The second kappa shape index (κ2) is 9.76. The van der Waals surface area contributed by atoms with Gasteiger partial charge in [0.15, 0.2) is 0 Å². The Hall–Kier alpha value is -3.17. The number of para-hydroxylation sites is 1. The van der Waals surface area contributed by atoms with Crippen LogP contribution in [0.5, 0.6) is 0 Å². The third-order valence-electron chi connectivity index (χ3n) is 6.93. The second-order valence-corrected chi connectivity index (χ2v) is 9.42. The first-order valence-electron chi connectivity index (χ1n) is 12.2. The van der Waals surface area contributed by atoms with E-state index in [9.17, 15) is 0 Å². The lowest BCUT2D eigenvalue weighted by Gasteiger charge is -2.32. The van der Waals surface area contributed by atoms with E-state index < -0.39 is 0 Å². The lowest BCUT2D eigenvalue weighted by Crippen LogP contribution is -2.35. The number of aromatic nitrogens is 2. The van der Waals surface area contributed by atoms with Crippen LogP contribution in [-0.2, 0) is 6.42 Å². The van der Waals surface area contributed by atoms with Crippen LogP contribution in [0, 0.1) is 13.8 Å². The van der Waals surface area contributed by atoms with Crippen molar-refractivity contribution in [2.75, 3.05) is 19.6 Å². The molecule has 4 aromatic rings. The van der Waals surface area contributed by atoms with E-state index in [4.69, 9.17) is 5.10 Å². The van der Waals surface area contributed by atoms with Gasteiger partial charge in [-0.2, -0.15) is 5.10 Å². The van der Waals surface area contributed by atoms with E-state index in [-0.39, 0.29) is 0 Å². The van der Waals surface area contributed by atoms with Gasteiger partial charge in [0, 0.05) is 23.7 Å². The van der Waals surface area contributed by atoms with Crippen LogP contribution in [0.15, 0.2) is 84.9 Å². The van der Waals surface area contributed by atoms with Crippen LogP contribution >= 0.6 is 0 Å². The molecular formula is C30H33N3. The van der Waals surface area contributed by atoms with Gasteiger partial charge in [0.25, 0.3) is 0 Å². The number of nitrogens with zero attached hydrogens (tertiary/aromatic N) is 3. The minimum absolute atomic E-state index is 0.535. The molecule has 0 bridgehead atoms. The molecule has 0 aliphatic carbocycles. The van der Waals surface area contributed by atoms with Crippen LogP contribution in [0.3, 0.4) is 0 Å². The highest BCUT2D eigenvalue weighted by molar-refractivity contribution is 5.61. The van der Waals surface area contributed by atoms with Crippen molar-refractivity contribution in [3.05, 3.63) is 107 Å². The molecule has 2 heterocycles. The van der Waals surface area contributed by atoms with Crippen LogP contribution in [-0.4, -0.2) is 34.3 Å². The summed E-state index contributed by atoms with van der Waals surface area (Å²) in [6, 6.07) is 30.6. The van der Waals surface area contributed by atoms with Crippen LogP contribution in [0.2, 0.25) is 0 Å². The molecule has 0 amide bonds. The van der Waals surface area contributed by atoms with Crippen molar-refractivity contribution in [3.8, 4) is 16.9 Å². The summed E-state index contributed by atoms with van der Waals surface area (Å²) in [6.45, 7) is 7.72. The monoisotopic (exact) mass is 435 g/mol. The molecule has 0 atom stereocenters. The minimum atomic E-state index is 0.535. The Morgan fingerprint density at radius 3 is 2.09 bits per heavy atom. The summed E-state index contributed by atoms with van der Waals surface area (Å²) in [5.41, 5.74) is 8.79. The molecule has 0 unspecified atom stereocenters. The smallest absolute Gasteiger partial charge is 0.0930 e. The Labute approximate surface area is 197 Å². The Bertz CT molecular complexity index is 1170. The normalized spacial score (nSPS) is 15.1. The standard InChI is InChI=1S/C30H33N3/c1-23-8-12-25(13-9-23)16-19-32-20-17-27(18-21-32)30-22-29(26-14-10-24(2)11-15-26)31-33(30)28-6-4-3-5-7-28/h3-15,22,27H,16-21H2,1-2H3. The molecule has 168 valence electrons. The summed E-state index contributed by atoms with van der Waals surface area (Å²) >= 11 is 0. The Morgan fingerprint density at radius 1 is 0.788 bits per heavy atom. The van der Waals surface area contributed by atoms with E-state index in [1.54, 1.807) is 0 Å². The summed E-state index contributed by atoms with van der Waals surface area (Å²) in [5.74, 6) is 0.535. The zero-order chi connectivity index (χ0) is 22.6. The molecule has 1 aliphatic rings. The van der Waals surface area contributed by atoms with E-state index in [1.165, 1.54) is 40.8 Å². The largest absolute Gasteiger partial charge is 0.303 e. The van der Waals surface area contributed by atoms with Crippen molar-refractivity contribution in [3.63, 3.8) is 0 Å². The zero-order valence-corrected chi connectivity index (χ0v) is 19.7. The van der Waals surface area contributed by atoms with Crippen molar-refractivity contribution >= 4 is 0 Å². The maximum Gasteiger partial charge on any atom is 0.0930 e. The van der Waals surface area contributed by atoms with Crippen LogP contribution in [0.1, 0.15) is 41.1 Å². The third kappa shape index (κ3) is 5.09. The van der Waals surface area contributed by atoms with Crippen LogP contribution in [0.4, 0.5) is 0 Å². The van der Waals surface area contributed by atoms with Crippen molar-refractivity contribution in [1.82, 2.24) is 14.7 Å². The lowest BCUT2D eigenvalue weighted by molar-refractivity contribution is 0.212. The van der Waals surface area contributed by atoms with Gasteiger partial charge in [-0.15, -0.1) is 0 Å². The molecule has 0 saturated carbocycles. The van der Waals surface area contributed by atoms with Gasteiger partial charge in [-0.3, -0.25) is 0 Å². The molecule has 3 nitrogen and oxygen atoms in total. The van der Waals surface area contributed by atoms with E-state index in [0.29, 0.717) is 5.92 Å². The maximum atomic E-state index is 5.06. The molecule has 1 aliphatic heterocycles. The maximum absolute atomic E-state index is 5.06. The average molecular weight is 436 g/mol. The average Bonchev–Trinajstić information content (AvgIpc) is 3.30. The van der Waals surface area contributed by atoms with Crippen molar-refractivity contribution in [2.45, 2.75) is 39.0 Å². The number of hydrogen-bond donors (Lipinski definition) is 0. The molecule has 0 radical (unpaired) electrons. The highest BCUT2D eigenvalue weighted by Gasteiger charge is 2.25. The number of benzene rings is 3. The van der Waals surface area contributed by atoms with Crippen LogP contribution < -0.4 is 0 Å². The summed E-state index contributed by atoms with van der Waals surface area (Å²) in [4.78, 5) is 2.63. The van der Waals surface area contributed by atoms with Gasteiger partial charge in [-0.05, 0) is 70.0 Å². The highest BCUT2D eigenvalue weighted by Crippen LogP contribution is 2.33. The van der Waals surface area contributed by atoms with Crippen molar-refractivity contribution in [1.29, 1.82) is 0 Å².